The summed E-state index contributed by atoms with van der Waals surface area (Å²) in [6, 6.07) is 8.12. The zero-order valence-electron chi connectivity index (χ0n) is 17.1. The van der Waals surface area contributed by atoms with Crippen molar-refractivity contribution in [2.75, 3.05) is 0 Å². The number of H-pyrrole nitrogens is 2. The summed E-state index contributed by atoms with van der Waals surface area (Å²) in [7, 11) is 0. The zero-order chi connectivity index (χ0) is 21.7. The molecule has 5 aromatic rings. The average Bonchev–Trinajstić information content (AvgIpc) is 3.51. The van der Waals surface area contributed by atoms with E-state index in [1.54, 1.807) is 23.7 Å². The van der Waals surface area contributed by atoms with Gasteiger partial charge in [-0.2, -0.15) is 5.10 Å². The molecule has 1 aliphatic rings. The molecule has 0 radical (unpaired) electrons. The molecule has 6 rings (SSSR count). The normalized spacial score (nSPS) is 13.5. The highest BCUT2D eigenvalue weighted by Crippen LogP contribution is 2.35. The molecular formula is C23H18N8S. The summed E-state index contributed by atoms with van der Waals surface area (Å²) in [5, 5.41) is 7.57. The van der Waals surface area contributed by atoms with Gasteiger partial charge < -0.3 is 10.7 Å². The van der Waals surface area contributed by atoms with Crippen molar-refractivity contribution in [1.29, 1.82) is 0 Å². The Labute approximate surface area is 187 Å². The first-order valence-electron chi connectivity index (χ1n) is 10.1. The summed E-state index contributed by atoms with van der Waals surface area (Å²) in [6.45, 7) is 2.10. The molecule has 9 heteroatoms. The summed E-state index contributed by atoms with van der Waals surface area (Å²) in [5.41, 5.74) is 13.8. The second-order valence-corrected chi connectivity index (χ2v) is 8.90. The lowest BCUT2D eigenvalue weighted by molar-refractivity contribution is 1.05. The number of aromatic amines is 2. The fourth-order valence-electron chi connectivity index (χ4n) is 3.84. The van der Waals surface area contributed by atoms with Gasteiger partial charge in [0.1, 0.15) is 11.8 Å². The largest absolute Gasteiger partial charge is 0.402 e. The molecule has 5 aromatic heterocycles. The van der Waals surface area contributed by atoms with Crippen molar-refractivity contribution in [2.24, 2.45) is 5.73 Å². The summed E-state index contributed by atoms with van der Waals surface area (Å²) in [5.74, 6) is 0.657. The molecule has 0 aromatic carbocycles. The summed E-state index contributed by atoms with van der Waals surface area (Å²) >= 11 is 1.74. The number of fused-ring (bicyclic) bond motifs is 2. The van der Waals surface area contributed by atoms with Crippen LogP contribution in [-0.2, 0) is 6.42 Å². The minimum absolute atomic E-state index is 0.592. The molecule has 0 unspecified atom stereocenters. The molecule has 5 heterocycles. The van der Waals surface area contributed by atoms with Crippen molar-refractivity contribution in [3.63, 3.8) is 0 Å². The van der Waals surface area contributed by atoms with Crippen LogP contribution in [0.2, 0.25) is 0 Å². The van der Waals surface area contributed by atoms with Gasteiger partial charge in [0.05, 0.1) is 16.9 Å². The lowest BCUT2D eigenvalue weighted by Crippen LogP contribution is -2.01. The van der Waals surface area contributed by atoms with Crippen LogP contribution in [0.3, 0.4) is 0 Å². The Hall–Kier alpha value is -4.11. The molecule has 1 aliphatic carbocycles. The van der Waals surface area contributed by atoms with Crippen LogP contribution >= 0.6 is 11.3 Å². The van der Waals surface area contributed by atoms with E-state index in [4.69, 9.17) is 15.7 Å². The maximum absolute atomic E-state index is 6.22. The standard InChI is InChI=1S/C23H18N8S/c1-12-2-7-19(32-12)15-4-3-14(24)8-18-20(15)29-23(28-18)22-21-17(30-31-22)6-5-16(27-21)13-9-25-11-26-10-13/h2-7,9-11H,8,24H2,1H3,(H,28,29)(H,30,31). The van der Waals surface area contributed by atoms with Gasteiger partial charge in [-0.25, -0.2) is 19.9 Å². The molecular weight excluding hydrogens is 420 g/mol. The number of aromatic nitrogens is 7. The summed E-state index contributed by atoms with van der Waals surface area (Å²) < 4.78 is 0. The maximum Gasteiger partial charge on any atom is 0.161 e. The number of aryl methyl sites for hydroxylation is 1. The molecule has 0 saturated carbocycles. The third-order valence-electron chi connectivity index (χ3n) is 5.37. The number of pyridine rings is 1. The summed E-state index contributed by atoms with van der Waals surface area (Å²) in [6.07, 6.45) is 9.58. The van der Waals surface area contributed by atoms with Gasteiger partial charge in [0.15, 0.2) is 11.5 Å². The zero-order valence-corrected chi connectivity index (χ0v) is 17.9. The van der Waals surface area contributed by atoms with Gasteiger partial charge in [0, 0.05) is 51.1 Å². The van der Waals surface area contributed by atoms with Crippen molar-refractivity contribution in [2.45, 2.75) is 13.3 Å². The highest BCUT2D eigenvalue weighted by atomic mass is 32.1. The Morgan fingerprint density at radius 2 is 1.88 bits per heavy atom. The number of nitrogens with zero attached hydrogens (tertiary/aromatic N) is 5. The second kappa shape index (κ2) is 7.24. The SMILES string of the molecule is Cc1ccc(C2=CC=C(N)Cc3[nH]c(-c4n[nH]c5ccc(-c6cncnc6)nc45)nc32)s1. The quantitative estimate of drug-likeness (QED) is 0.391. The molecule has 0 bridgehead atoms. The number of nitrogens with two attached hydrogens (primary N) is 1. The minimum atomic E-state index is 0.592. The number of hydrogen-bond donors (Lipinski definition) is 3. The smallest absolute Gasteiger partial charge is 0.161 e. The minimum Gasteiger partial charge on any atom is -0.402 e. The average molecular weight is 439 g/mol. The van der Waals surface area contributed by atoms with Gasteiger partial charge in [-0.15, -0.1) is 11.3 Å². The lowest BCUT2D eigenvalue weighted by Gasteiger charge is -2.02. The van der Waals surface area contributed by atoms with Crippen molar-refractivity contribution in [3.8, 4) is 22.8 Å². The van der Waals surface area contributed by atoms with E-state index in [0.29, 0.717) is 17.9 Å². The molecule has 0 spiro atoms. The van der Waals surface area contributed by atoms with E-state index < -0.39 is 0 Å². The molecule has 0 aliphatic heterocycles. The highest BCUT2D eigenvalue weighted by molar-refractivity contribution is 7.13. The summed E-state index contributed by atoms with van der Waals surface area (Å²) in [4.78, 5) is 23.8. The van der Waals surface area contributed by atoms with Crippen LogP contribution in [-0.4, -0.2) is 35.1 Å². The molecule has 0 saturated heterocycles. The monoisotopic (exact) mass is 438 g/mol. The van der Waals surface area contributed by atoms with Gasteiger partial charge in [-0.1, -0.05) is 0 Å². The van der Waals surface area contributed by atoms with E-state index in [9.17, 15) is 0 Å². The van der Waals surface area contributed by atoms with E-state index >= 15 is 0 Å². The topological polar surface area (TPSA) is 122 Å². The Bertz CT molecular complexity index is 1520. The third-order valence-corrected chi connectivity index (χ3v) is 6.41. The fourth-order valence-corrected chi connectivity index (χ4v) is 4.73. The molecule has 156 valence electrons. The third kappa shape index (κ3) is 3.10. The van der Waals surface area contributed by atoms with Crippen molar-refractivity contribution in [1.82, 2.24) is 35.1 Å². The van der Waals surface area contributed by atoms with Crippen molar-refractivity contribution in [3.05, 3.63) is 82.0 Å². The maximum atomic E-state index is 6.22. The number of hydrogen-bond acceptors (Lipinski definition) is 7. The van der Waals surface area contributed by atoms with Crippen molar-refractivity contribution >= 4 is 27.9 Å². The fraction of sp³-hybridized carbons (Fsp3) is 0.0870. The predicted octanol–water partition coefficient (Wildman–Crippen LogP) is 4.01. The van der Waals surface area contributed by atoms with E-state index in [1.165, 1.54) is 11.2 Å². The Kier molecular flexibility index (Phi) is 4.22. The molecule has 32 heavy (non-hydrogen) atoms. The van der Waals surface area contributed by atoms with E-state index in [1.807, 2.05) is 24.3 Å². The highest BCUT2D eigenvalue weighted by Gasteiger charge is 2.22. The first kappa shape index (κ1) is 18.6. The molecule has 0 fully saturated rings. The van der Waals surface area contributed by atoms with E-state index in [-0.39, 0.29) is 0 Å². The Balaban J connectivity index is 1.49. The first-order chi connectivity index (χ1) is 15.7. The lowest BCUT2D eigenvalue weighted by atomic mass is 10.1. The number of thiophene rings is 1. The molecule has 0 atom stereocenters. The van der Waals surface area contributed by atoms with Crippen LogP contribution in [0.15, 0.2) is 60.8 Å². The number of nitrogens with one attached hydrogen (secondary N) is 2. The van der Waals surface area contributed by atoms with E-state index in [2.05, 4.69) is 44.2 Å². The van der Waals surface area contributed by atoms with Crippen LogP contribution in [0, 0.1) is 6.92 Å². The second-order valence-electron chi connectivity index (χ2n) is 7.61. The Morgan fingerprint density at radius 3 is 2.69 bits per heavy atom. The van der Waals surface area contributed by atoms with Crippen LogP contribution in [0.25, 0.3) is 39.4 Å². The number of allylic oxidation sites excluding steroid dienone is 3. The molecule has 0 amide bonds. The number of rotatable bonds is 3. The Morgan fingerprint density at radius 1 is 1.00 bits per heavy atom. The van der Waals surface area contributed by atoms with Gasteiger partial charge in [0.2, 0.25) is 0 Å². The van der Waals surface area contributed by atoms with Crippen LogP contribution in [0.5, 0.6) is 0 Å². The van der Waals surface area contributed by atoms with Crippen molar-refractivity contribution < 1.29 is 0 Å². The van der Waals surface area contributed by atoms with Crippen LogP contribution in [0.1, 0.15) is 21.1 Å². The van der Waals surface area contributed by atoms with Gasteiger partial charge in [0.25, 0.3) is 0 Å². The van der Waals surface area contributed by atoms with Gasteiger partial charge in [-0.3, -0.25) is 5.10 Å². The van der Waals surface area contributed by atoms with Crippen LogP contribution < -0.4 is 5.73 Å². The predicted molar refractivity (Wildman–Crippen MR) is 125 cm³/mol. The van der Waals surface area contributed by atoms with Gasteiger partial charge >= 0.3 is 0 Å². The van der Waals surface area contributed by atoms with Gasteiger partial charge in [-0.05, 0) is 43.3 Å². The first-order valence-corrected chi connectivity index (χ1v) is 10.9. The number of imidazole rings is 1. The van der Waals surface area contributed by atoms with Crippen LogP contribution in [0.4, 0.5) is 0 Å². The molecule has 4 N–H and O–H groups in total. The molecule has 8 nitrogen and oxygen atoms in total. The van der Waals surface area contributed by atoms with E-state index in [0.717, 1.165) is 49.8 Å².